The summed E-state index contributed by atoms with van der Waals surface area (Å²) in [5, 5.41) is 0. The average Bonchev–Trinajstić information content (AvgIpc) is 3.15. The number of para-hydroxylation sites is 1. The van der Waals surface area contributed by atoms with Gasteiger partial charge in [0.15, 0.2) is 0 Å². The second-order valence-electron chi connectivity index (χ2n) is 6.20. The van der Waals surface area contributed by atoms with E-state index in [1.807, 2.05) is 12.1 Å². The van der Waals surface area contributed by atoms with Gasteiger partial charge in [-0.2, -0.15) is 0 Å². The van der Waals surface area contributed by atoms with E-state index in [9.17, 15) is 0 Å². The van der Waals surface area contributed by atoms with Crippen molar-refractivity contribution in [3.8, 4) is 0 Å². The van der Waals surface area contributed by atoms with Gasteiger partial charge in [-0.15, -0.1) is 0 Å². The minimum absolute atomic E-state index is 0.366. The van der Waals surface area contributed by atoms with Gasteiger partial charge in [0.1, 0.15) is 0 Å². The summed E-state index contributed by atoms with van der Waals surface area (Å²) in [6.45, 7) is 2.31. The molecule has 2 aliphatic rings. The number of nitrogen functional groups attached to an aromatic ring is 1. The van der Waals surface area contributed by atoms with Gasteiger partial charge in [0.25, 0.3) is 0 Å². The first kappa shape index (κ1) is 11.8. The zero-order valence-corrected chi connectivity index (χ0v) is 11.7. The Morgan fingerprint density at radius 1 is 1.00 bits per heavy atom. The van der Waals surface area contributed by atoms with E-state index in [0.717, 1.165) is 18.8 Å². The van der Waals surface area contributed by atoms with Crippen molar-refractivity contribution in [2.24, 2.45) is 0 Å². The highest BCUT2D eigenvalue weighted by Gasteiger charge is 2.46. The summed E-state index contributed by atoms with van der Waals surface area (Å²) in [6.07, 6.45) is 3.79. The van der Waals surface area contributed by atoms with Crippen LogP contribution in [0.3, 0.4) is 0 Å². The number of anilines is 2. The number of hydrogen-bond acceptors (Lipinski definition) is 2. The summed E-state index contributed by atoms with van der Waals surface area (Å²) in [5.74, 6) is 0. The van der Waals surface area contributed by atoms with Crippen LogP contribution in [0.5, 0.6) is 0 Å². The van der Waals surface area contributed by atoms with Crippen LogP contribution in [0.25, 0.3) is 0 Å². The lowest BCUT2D eigenvalue weighted by Crippen LogP contribution is -2.31. The number of nitrogens with zero attached hydrogens (tertiary/aromatic N) is 1. The van der Waals surface area contributed by atoms with Crippen molar-refractivity contribution in [2.75, 3.05) is 23.7 Å². The molecule has 102 valence electrons. The van der Waals surface area contributed by atoms with Crippen LogP contribution in [0.4, 0.5) is 11.4 Å². The van der Waals surface area contributed by atoms with Crippen molar-refractivity contribution < 1.29 is 0 Å². The normalized spacial score (nSPS) is 18.9. The zero-order chi connectivity index (χ0) is 13.6. The van der Waals surface area contributed by atoms with Crippen molar-refractivity contribution in [3.63, 3.8) is 0 Å². The van der Waals surface area contributed by atoms with Crippen LogP contribution >= 0.6 is 0 Å². The predicted molar refractivity (Wildman–Crippen MR) is 84.1 cm³/mol. The van der Waals surface area contributed by atoms with Crippen molar-refractivity contribution in [1.82, 2.24) is 0 Å². The minimum atomic E-state index is 0.366. The standard InChI is InChI=1S/C18H20N2/c19-16-7-5-15(6-8-16)18(10-11-18)13-20-12-9-14-3-1-2-4-17(14)20/h1-8H,9-13,19H2. The summed E-state index contributed by atoms with van der Waals surface area (Å²) in [6, 6.07) is 17.3. The highest BCUT2D eigenvalue weighted by atomic mass is 15.2. The molecule has 2 nitrogen and oxygen atoms in total. The Hall–Kier alpha value is -1.96. The van der Waals surface area contributed by atoms with Gasteiger partial charge in [0.2, 0.25) is 0 Å². The summed E-state index contributed by atoms with van der Waals surface area (Å²) in [5.41, 5.74) is 11.4. The second-order valence-corrected chi connectivity index (χ2v) is 6.20. The van der Waals surface area contributed by atoms with E-state index in [-0.39, 0.29) is 0 Å². The van der Waals surface area contributed by atoms with Gasteiger partial charge in [-0.25, -0.2) is 0 Å². The molecule has 2 aromatic carbocycles. The second kappa shape index (κ2) is 4.27. The minimum Gasteiger partial charge on any atom is -0.399 e. The van der Waals surface area contributed by atoms with Crippen LogP contribution in [-0.2, 0) is 11.8 Å². The molecule has 2 aromatic rings. The van der Waals surface area contributed by atoms with Crippen molar-refractivity contribution in [1.29, 1.82) is 0 Å². The van der Waals surface area contributed by atoms with E-state index in [1.165, 1.54) is 36.1 Å². The fraction of sp³-hybridized carbons (Fsp3) is 0.333. The van der Waals surface area contributed by atoms with Gasteiger partial charge < -0.3 is 10.6 Å². The molecule has 1 fully saturated rings. The molecular weight excluding hydrogens is 244 g/mol. The number of rotatable bonds is 3. The predicted octanol–water partition coefficient (Wildman–Crippen LogP) is 3.36. The maximum absolute atomic E-state index is 5.81. The van der Waals surface area contributed by atoms with Crippen LogP contribution in [0, 0.1) is 0 Å². The molecule has 0 atom stereocenters. The Labute approximate surface area is 120 Å². The van der Waals surface area contributed by atoms with Gasteiger partial charge in [0.05, 0.1) is 0 Å². The molecule has 1 saturated carbocycles. The summed E-state index contributed by atoms with van der Waals surface area (Å²) < 4.78 is 0. The molecule has 0 amide bonds. The molecule has 0 saturated heterocycles. The Bertz CT molecular complexity index is 626. The highest BCUT2D eigenvalue weighted by Crippen LogP contribution is 2.50. The van der Waals surface area contributed by atoms with Gasteiger partial charge in [0, 0.05) is 29.9 Å². The van der Waals surface area contributed by atoms with Gasteiger partial charge in [-0.1, -0.05) is 30.3 Å². The average molecular weight is 264 g/mol. The van der Waals surface area contributed by atoms with Crippen molar-refractivity contribution in [2.45, 2.75) is 24.7 Å². The Balaban J connectivity index is 1.59. The van der Waals surface area contributed by atoms with Gasteiger partial charge in [-0.3, -0.25) is 0 Å². The molecule has 0 unspecified atom stereocenters. The molecule has 20 heavy (non-hydrogen) atoms. The fourth-order valence-electron chi connectivity index (χ4n) is 3.46. The molecule has 1 heterocycles. The molecule has 4 rings (SSSR count). The maximum Gasteiger partial charge on any atom is 0.0399 e. The number of benzene rings is 2. The largest absolute Gasteiger partial charge is 0.399 e. The molecule has 1 aliphatic heterocycles. The maximum atomic E-state index is 5.81. The van der Waals surface area contributed by atoms with Crippen LogP contribution in [0.2, 0.25) is 0 Å². The van der Waals surface area contributed by atoms with E-state index >= 15 is 0 Å². The zero-order valence-electron chi connectivity index (χ0n) is 11.7. The van der Waals surface area contributed by atoms with E-state index in [4.69, 9.17) is 5.73 Å². The highest BCUT2D eigenvalue weighted by molar-refractivity contribution is 5.59. The number of fused-ring (bicyclic) bond motifs is 1. The first-order chi connectivity index (χ1) is 9.77. The Morgan fingerprint density at radius 2 is 1.75 bits per heavy atom. The molecule has 1 aliphatic carbocycles. The summed E-state index contributed by atoms with van der Waals surface area (Å²) >= 11 is 0. The fourth-order valence-corrected chi connectivity index (χ4v) is 3.46. The van der Waals surface area contributed by atoms with Crippen LogP contribution in [-0.4, -0.2) is 13.1 Å². The van der Waals surface area contributed by atoms with Crippen molar-refractivity contribution >= 4 is 11.4 Å². The van der Waals surface area contributed by atoms with Gasteiger partial charge >= 0.3 is 0 Å². The monoisotopic (exact) mass is 264 g/mol. The van der Waals surface area contributed by atoms with Crippen LogP contribution in [0.1, 0.15) is 24.0 Å². The van der Waals surface area contributed by atoms with E-state index < -0.39 is 0 Å². The van der Waals surface area contributed by atoms with E-state index in [0.29, 0.717) is 5.41 Å². The lowest BCUT2D eigenvalue weighted by molar-refractivity contribution is 0.653. The first-order valence-corrected chi connectivity index (χ1v) is 7.46. The van der Waals surface area contributed by atoms with E-state index in [1.54, 1.807) is 0 Å². The molecule has 2 heteroatoms. The SMILES string of the molecule is Nc1ccc(C2(CN3CCc4ccccc43)CC2)cc1. The summed E-state index contributed by atoms with van der Waals surface area (Å²) in [7, 11) is 0. The topological polar surface area (TPSA) is 29.3 Å². The lowest BCUT2D eigenvalue weighted by atomic mass is 9.95. The first-order valence-electron chi connectivity index (χ1n) is 7.46. The van der Waals surface area contributed by atoms with Crippen LogP contribution < -0.4 is 10.6 Å². The summed E-state index contributed by atoms with van der Waals surface area (Å²) in [4.78, 5) is 2.57. The van der Waals surface area contributed by atoms with Crippen molar-refractivity contribution in [3.05, 3.63) is 59.7 Å². The lowest BCUT2D eigenvalue weighted by Gasteiger charge is -2.26. The quantitative estimate of drug-likeness (QED) is 0.861. The third kappa shape index (κ3) is 1.87. The van der Waals surface area contributed by atoms with Gasteiger partial charge in [-0.05, 0) is 48.6 Å². The third-order valence-corrected chi connectivity index (χ3v) is 4.85. The molecule has 0 spiro atoms. The molecule has 2 N–H and O–H groups in total. The molecule has 0 radical (unpaired) electrons. The Kier molecular flexibility index (Phi) is 2.53. The Morgan fingerprint density at radius 3 is 2.50 bits per heavy atom. The molecular formula is C18H20N2. The van der Waals surface area contributed by atoms with Crippen LogP contribution in [0.15, 0.2) is 48.5 Å². The number of hydrogen-bond donors (Lipinski definition) is 1. The smallest absolute Gasteiger partial charge is 0.0399 e. The third-order valence-electron chi connectivity index (χ3n) is 4.85. The van der Waals surface area contributed by atoms with E-state index in [2.05, 4.69) is 41.3 Å². The molecule has 0 bridgehead atoms. The number of nitrogens with two attached hydrogens (primary N) is 1. The molecule has 0 aromatic heterocycles.